The Kier molecular flexibility index (Phi) is 6.64. The Labute approximate surface area is 107 Å². The van der Waals surface area contributed by atoms with E-state index >= 15 is 0 Å². The number of aromatic hydroxyl groups is 1. The van der Waals surface area contributed by atoms with Gasteiger partial charge < -0.3 is 20.1 Å². The van der Waals surface area contributed by atoms with Crippen molar-refractivity contribution >= 4 is 0 Å². The van der Waals surface area contributed by atoms with Crippen molar-refractivity contribution in [3.05, 3.63) is 29.6 Å². The highest BCUT2D eigenvalue weighted by Crippen LogP contribution is 2.17. The first-order chi connectivity index (χ1) is 8.59. The van der Waals surface area contributed by atoms with Crippen LogP contribution in [0.2, 0.25) is 0 Å². The quantitative estimate of drug-likeness (QED) is 0.686. The van der Waals surface area contributed by atoms with Crippen LogP contribution < -0.4 is 5.32 Å². The molecule has 0 aliphatic carbocycles. The van der Waals surface area contributed by atoms with E-state index in [0.717, 1.165) is 6.54 Å². The molecule has 4 nitrogen and oxygen atoms in total. The number of ether oxygens (including phenoxy) is 1. The zero-order valence-electron chi connectivity index (χ0n) is 10.9. The van der Waals surface area contributed by atoms with Crippen molar-refractivity contribution in [2.45, 2.75) is 6.54 Å². The first-order valence-corrected chi connectivity index (χ1v) is 6.00. The number of hydrogen-bond acceptors (Lipinski definition) is 4. The molecule has 0 aliphatic heterocycles. The van der Waals surface area contributed by atoms with Crippen molar-refractivity contribution in [3.8, 4) is 5.75 Å². The van der Waals surface area contributed by atoms with Crippen LogP contribution in [0.4, 0.5) is 4.39 Å². The number of benzene rings is 1. The molecule has 0 amide bonds. The molecule has 0 unspecified atom stereocenters. The van der Waals surface area contributed by atoms with E-state index in [2.05, 4.69) is 10.2 Å². The van der Waals surface area contributed by atoms with E-state index in [-0.39, 0.29) is 11.6 Å². The summed E-state index contributed by atoms with van der Waals surface area (Å²) in [5.41, 5.74) is 0.559. The Morgan fingerprint density at radius 3 is 2.83 bits per heavy atom. The summed E-state index contributed by atoms with van der Waals surface area (Å²) < 4.78 is 18.3. The average Bonchev–Trinajstić information content (AvgIpc) is 2.32. The number of phenolic OH excluding ortho intramolecular Hbond substituents is 1. The zero-order valence-corrected chi connectivity index (χ0v) is 10.9. The highest BCUT2D eigenvalue weighted by Gasteiger charge is 2.02. The van der Waals surface area contributed by atoms with Gasteiger partial charge in [0.25, 0.3) is 0 Å². The summed E-state index contributed by atoms with van der Waals surface area (Å²) >= 11 is 0. The van der Waals surface area contributed by atoms with E-state index in [4.69, 9.17) is 4.74 Å². The van der Waals surface area contributed by atoms with Gasteiger partial charge >= 0.3 is 0 Å². The maximum atomic E-state index is 12.9. The molecule has 1 rings (SSSR count). The summed E-state index contributed by atoms with van der Waals surface area (Å²) in [5, 5.41) is 12.6. The van der Waals surface area contributed by atoms with E-state index in [1.165, 1.54) is 18.2 Å². The van der Waals surface area contributed by atoms with Crippen LogP contribution in [0.15, 0.2) is 18.2 Å². The molecule has 0 saturated heterocycles. The van der Waals surface area contributed by atoms with Crippen LogP contribution in [0, 0.1) is 5.82 Å². The third kappa shape index (κ3) is 5.95. The van der Waals surface area contributed by atoms with Crippen LogP contribution in [0.25, 0.3) is 0 Å². The van der Waals surface area contributed by atoms with Gasteiger partial charge in [-0.15, -0.1) is 0 Å². The summed E-state index contributed by atoms with van der Waals surface area (Å²) in [4.78, 5) is 2.05. The molecule has 0 aliphatic rings. The lowest BCUT2D eigenvalue weighted by Crippen LogP contribution is -2.23. The molecule has 1 aromatic carbocycles. The molecular weight excluding hydrogens is 235 g/mol. The van der Waals surface area contributed by atoms with Crippen molar-refractivity contribution in [2.24, 2.45) is 0 Å². The van der Waals surface area contributed by atoms with Gasteiger partial charge in [0.1, 0.15) is 11.6 Å². The Bertz CT molecular complexity index is 359. The van der Waals surface area contributed by atoms with Crippen molar-refractivity contribution in [1.29, 1.82) is 0 Å². The van der Waals surface area contributed by atoms with Crippen LogP contribution in [-0.2, 0) is 11.3 Å². The first-order valence-electron chi connectivity index (χ1n) is 6.00. The van der Waals surface area contributed by atoms with Gasteiger partial charge in [-0.1, -0.05) is 0 Å². The largest absolute Gasteiger partial charge is 0.508 e. The molecule has 0 atom stereocenters. The van der Waals surface area contributed by atoms with Crippen molar-refractivity contribution in [1.82, 2.24) is 10.2 Å². The fourth-order valence-electron chi connectivity index (χ4n) is 1.41. The van der Waals surface area contributed by atoms with E-state index < -0.39 is 0 Å². The molecule has 1 aromatic rings. The highest BCUT2D eigenvalue weighted by molar-refractivity contribution is 5.32. The third-order valence-electron chi connectivity index (χ3n) is 2.46. The second-order valence-electron chi connectivity index (χ2n) is 4.37. The summed E-state index contributed by atoms with van der Waals surface area (Å²) in [6, 6.07) is 3.93. The predicted octanol–water partition coefficient (Wildman–Crippen LogP) is 1.20. The molecule has 0 saturated carbocycles. The minimum Gasteiger partial charge on any atom is -0.508 e. The Hall–Kier alpha value is -1.17. The lowest BCUT2D eigenvalue weighted by molar-refractivity contribution is 0.119. The van der Waals surface area contributed by atoms with Gasteiger partial charge in [0.05, 0.1) is 13.2 Å². The smallest absolute Gasteiger partial charge is 0.123 e. The lowest BCUT2D eigenvalue weighted by Gasteiger charge is -2.10. The second kappa shape index (κ2) is 8.02. The molecular formula is C13H21FN2O2. The third-order valence-corrected chi connectivity index (χ3v) is 2.46. The molecule has 0 heterocycles. The molecule has 0 bridgehead atoms. The molecule has 18 heavy (non-hydrogen) atoms. The SMILES string of the molecule is CN(C)CCOCCNCc1cc(F)ccc1O. The molecule has 0 radical (unpaired) electrons. The Morgan fingerprint density at radius 1 is 1.33 bits per heavy atom. The van der Waals surface area contributed by atoms with Gasteiger partial charge in [0, 0.05) is 25.2 Å². The van der Waals surface area contributed by atoms with Gasteiger partial charge in [-0.25, -0.2) is 4.39 Å². The first kappa shape index (κ1) is 14.9. The van der Waals surface area contributed by atoms with Crippen LogP contribution in [0.3, 0.4) is 0 Å². The zero-order chi connectivity index (χ0) is 13.4. The van der Waals surface area contributed by atoms with E-state index in [1.54, 1.807) is 0 Å². The van der Waals surface area contributed by atoms with Crippen molar-refractivity contribution in [3.63, 3.8) is 0 Å². The van der Waals surface area contributed by atoms with Crippen LogP contribution in [-0.4, -0.2) is 50.4 Å². The normalized spacial score (nSPS) is 11.1. The Morgan fingerprint density at radius 2 is 2.11 bits per heavy atom. The Balaban J connectivity index is 2.12. The number of phenols is 1. The van der Waals surface area contributed by atoms with E-state index in [9.17, 15) is 9.50 Å². The lowest BCUT2D eigenvalue weighted by atomic mass is 10.2. The monoisotopic (exact) mass is 256 g/mol. The molecule has 0 fully saturated rings. The number of likely N-dealkylation sites (N-methyl/N-ethyl adjacent to an activating group) is 1. The number of nitrogens with one attached hydrogen (secondary N) is 1. The number of hydrogen-bond donors (Lipinski definition) is 2. The van der Waals surface area contributed by atoms with Crippen LogP contribution in [0.1, 0.15) is 5.56 Å². The topological polar surface area (TPSA) is 44.7 Å². The maximum Gasteiger partial charge on any atom is 0.123 e. The van der Waals surface area contributed by atoms with Crippen molar-refractivity contribution in [2.75, 3.05) is 40.4 Å². The number of rotatable bonds is 8. The summed E-state index contributed by atoms with van der Waals surface area (Å²) in [5.74, 6) is -0.232. The summed E-state index contributed by atoms with van der Waals surface area (Å²) in [6.45, 7) is 3.29. The summed E-state index contributed by atoms with van der Waals surface area (Å²) in [7, 11) is 3.99. The van der Waals surface area contributed by atoms with Gasteiger partial charge in [0.2, 0.25) is 0 Å². The molecule has 5 heteroatoms. The van der Waals surface area contributed by atoms with Gasteiger partial charge in [-0.05, 0) is 32.3 Å². The average molecular weight is 256 g/mol. The molecule has 0 spiro atoms. The molecule has 102 valence electrons. The van der Waals surface area contributed by atoms with Crippen molar-refractivity contribution < 1.29 is 14.2 Å². The van der Waals surface area contributed by atoms with E-state index in [1.807, 2.05) is 14.1 Å². The molecule has 2 N–H and O–H groups in total. The molecule has 0 aromatic heterocycles. The fourth-order valence-corrected chi connectivity index (χ4v) is 1.41. The highest BCUT2D eigenvalue weighted by atomic mass is 19.1. The minimum atomic E-state index is -0.341. The summed E-state index contributed by atoms with van der Waals surface area (Å²) in [6.07, 6.45) is 0. The second-order valence-corrected chi connectivity index (χ2v) is 4.37. The standard InChI is InChI=1S/C13H21FN2O2/c1-16(2)6-8-18-7-5-15-10-11-9-12(14)3-4-13(11)17/h3-4,9,15,17H,5-8,10H2,1-2H3. The van der Waals surface area contributed by atoms with Gasteiger partial charge in [0.15, 0.2) is 0 Å². The predicted molar refractivity (Wildman–Crippen MR) is 69.1 cm³/mol. The number of nitrogens with zero attached hydrogens (tertiary/aromatic N) is 1. The minimum absolute atomic E-state index is 0.109. The fraction of sp³-hybridized carbons (Fsp3) is 0.538. The van der Waals surface area contributed by atoms with E-state index in [0.29, 0.717) is 31.9 Å². The van der Waals surface area contributed by atoms with Gasteiger partial charge in [-0.3, -0.25) is 0 Å². The van der Waals surface area contributed by atoms with Crippen LogP contribution >= 0.6 is 0 Å². The van der Waals surface area contributed by atoms with Gasteiger partial charge in [-0.2, -0.15) is 0 Å². The number of halogens is 1. The van der Waals surface area contributed by atoms with Crippen LogP contribution in [0.5, 0.6) is 5.75 Å². The maximum absolute atomic E-state index is 12.9.